The van der Waals surface area contributed by atoms with Gasteiger partial charge in [-0.05, 0) is 12.1 Å². The van der Waals surface area contributed by atoms with Crippen LogP contribution in [0.5, 0.6) is 5.75 Å². The molecule has 0 bridgehead atoms. The van der Waals surface area contributed by atoms with E-state index in [1.807, 2.05) is 0 Å². The zero-order valence-electron chi connectivity index (χ0n) is 10.5. The average Bonchev–Trinajstić information content (AvgIpc) is 2.37. The van der Waals surface area contributed by atoms with Crippen molar-refractivity contribution in [3.8, 4) is 5.75 Å². The van der Waals surface area contributed by atoms with Crippen LogP contribution in [0, 0.1) is 0 Å². The predicted octanol–water partition coefficient (Wildman–Crippen LogP) is 2.72. The van der Waals surface area contributed by atoms with Gasteiger partial charge in [-0.1, -0.05) is 18.2 Å². The normalized spacial score (nSPS) is 12.1. The fourth-order valence-corrected chi connectivity index (χ4v) is 1.28. The second kappa shape index (κ2) is 6.06. The van der Waals surface area contributed by atoms with Crippen molar-refractivity contribution >= 4 is 5.91 Å². The first-order valence-corrected chi connectivity index (χ1v) is 5.54. The maximum atomic E-state index is 12.8. The molecule has 8 heteroatoms. The lowest BCUT2D eigenvalue weighted by molar-refractivity contribution is -0.274. The van der Waals surface area contributed by atoms with Crippen molar-refractivity contribution in [1.29, 1.82) is 0 Å². The Morgan fingerprint density at radius 1 is 1.15 bits per heavy atom. The minimum absolute atomic E-state index is 0.194. The lowest BCUT2D eigenvalue weighted by atomic mass is 10.3. The Bertz CT molecular complexity index is 447. The molecule has 0 saturated heterocycles. The van der Waals surface area contributed by atoms with E-state index in [-0.39, 0.29) is 18.1 Å². The van der Waals surface area contributed by atoms with Crippen LogP contribution in [0.25, 0.3) is 0 Å². The highest BCUT2D eigenvalue weighted by molar-refractivity contribution is 5.84. The average molecular weight is 297 g/mol. The molecule has 0 unspecified atom stereocenters. The van der Waals surface area contributed by atoms with Crippen molar-refractivity contribution in [1.82, 2.24) is 4.90 Å². The topological polar surface area (TPSA) is 29.5 Å². The summed E-state index contributed by atoms with van der Waals surface area (Å²) in [5.74, 6) is -7.27. The number of hydrogen-bond acceptors (Lipinski definition) is 2. The van der Waals surface area contributed by atoms with Crippen molar-refractivity contribution in [3.63, 3.8) is 0 Å². The van der Waals surface area contributed by atoms with E-state index in [1.165, 1.54) is 0 Å². The monoisotopic (exact) mass is 297 g/mol. The third kappa shape index (κ3) is 3.82. The van der Waals surface area contributed by atoms with Gasteiger partial charge in [-0.25, -0.2) is 0 Å². The van der Waals surface area contributed by atoms with Crippen LogP contribution in [0.1, 0.15) is 0 Å². The maximum absolute atomic E-state index is 12.8. The largest absolute Gasteiger partial charge is 0.492 e. The summed E-state index contributed by atoms with van der Waals surface area (Å²) in [7, 11) is 0.857. The number of likely N-dealkylation sites (N-methyl/N-ethyl adjacent to an activating group) is 1. The Morgan fingerprint density at radius 3 is 2.20 bits per heavy atom. The molecule has 112 valence electrons. The Labute approximate surface area is 111 Å². The lowest BCUT2D eigenvalue weighted by Gasteiger charge is -2.24. The van der Waals surface area contributed by atoms with E-state index < -0.39 is 18.0 Å². The molecule has 20 heavy (non-hydrogen) atoms. The van der Waals surface area contributed by atoms with Crippen LogP contribution in [0.2, 0.25) is 0 Å². The molecule has 0 fully saturated rings. The van der Waals surface area contributed by atoms with Crippen LogP contribution in [-0.2, 0) is 4.79 Å². The summed E-state index contributed by atoms with van der Waals surface area (Å²) in [4.78, 5) is 11.3. The van der Waals surface area contributed by atoms with Crippen LogP contribution in [0.4, 0.5) is 22.0 Å². The van der Waals surface area contributed by atoms with Gasteiger partial charge < -0.3 is 9.64 Å². The van der Waals surface area contributed by atoms with Crippen molar-refractivity contribution in [3.05, 3.63) is 30.3 Å². The maximum Gasteiger partial charge on any atom is 0.463 e. The summed E-state index contributed by atoms with van der Waals surface area (Å²) < 4.78 is 66.6. The zero-order chi connectivity index (χ0) is 15.4. The summed E-state index contributed by atoms with van der Waals surface area (Å²) in [6, 6.07) is 8.24. The molecule has 0 heterocycles. The predicted molar refractivity (Wildman–Crippen MR) is 60.6 cm³/mol. The minimum atomic E-state index is -5.90. The molecule has 0 radical (unpaired) electrons. The van der Waals surface area contributed by atoms with Gasteiger partial charge in [-0.2, -0.15) is 22.0 Å². The van der Waals surface area contributed by atoms with Gasteiger partial charge in [0.25, 0.3) is 0 Å². The summed E-state index contributed by atoms with van der Waals surface area (Å²) in [5, 5.41) is 0. The number of hydrogen-bond donors (Lipinski definition) is 0. The number of amides is 1. The number of carbonyl (C=O) groups excluding carboxylic acids is 1. The van der Waals surface area contributed by atoms with Crippen LogP contribution in [-0.4, -0.2) is 43.1 Å². The molecule has 1 rings (SSSR count). The fraction of sp³-hybridized carbons (Fsp3) is 0.417. The lowest BCUT2D eigenvalue weighted by Crippen LogP contribution is -2.51. The van der Waals surface area contributed by atoms with Crippen LogP contribution < -0.4 is 4.74 Å². The smallest absolute Gasteiger partial charge is 0.463 e. The summed E-state index contributed by atoms with van der Waals surface area (Å²) in [6.45, 7) is -0.584. The van der Waals surface area contributed by atoms with Crippen molar-refractivity contribution in [2.45, 2.75) is 12.1 Å². The van der Waals surface area contributed by atoms with E-state index in [9.17, 15) is 26.7 Å². The third-order valence-electron chi connectivity index (χ3n) is 2.41. The highest BCUT2D eigenvalue weighted by Crippen LogP contribution is 2.36. The first-order valence-electron chi connectivity index (χ1n) is 5.54. The number of benzene rings is 1. The van der Waals surface area contributed by atoms with E-state index >= 15 is 0 Å². The third-order valence-corrected chi connectivity index (χ3v) is 2.41. The summed E-state index contributed by atoms with van der Waals surface area (Å²) in [6.07, 6.45) is -5.90. The van der Waals surface area contributed by atoms with E-state index in [1.54, 1.807) is 30.3 Å². The quantitative estimate of drug-likeness (QED) is 0.782. The van der Waals surface area contributed by atoms with Gasteiger partial charge in [0.15, 0.2) is 0 Å². The molecule has 0 aliphatic heterocycles. The first-order chi connectivity index (χ1) is 9.16. The molecule has 0 atom stereocenters. The van der Waals surface area contributed by atoms with Crippen LogP contribution in [0.15, 0.2) is 30.3 Å². The van der Waals surface area contributed by atoms with Gasteiger partial charge in [-0.3, -0.25) is 4.79 Å². The molecule has 1 aromatic carbocycles. The molecule has 0 N–H and O–H groups in total. The van der Waals surface area contributed by atoms with Crippen molar-refractivity contribution in [2.75, 3.05) is 20.2 Å². The number of carbonyl (C=O) groups is 1. The Balaban J connectivity index is 2.51. The molecule has 0 aliphatic rings. The summed E-state index contributed by atoms with van der Waals surface area (Å²) >= 11 is 0. The number of ether oxygens (including phenoxy) is 1. The number of nitrogens with zero attached hydrogens (tertiary/aromatic N) is 1. The van der Waals surface area contributed by atoms with Gasteiger partial charge in [-0.15, -0.1) is 0 Å². The Morgan fingerprint density at radius 2 is 1.70 bits per heavy atom. The summed E-state index contributed by atoms with van der Waals surface area (Å²) in [5.41, 5.74) is 0. The van der Waals surface area contributed by atoms with Gasteiger partial charge >= 0.3 is 18.0 Å². The number of rotatable bonds is 5. The van der Waals surface area contributed by atoms with Gasteiger partial charge in [0.05, 0.1) is 6.54 Å². The van der Waals surface area contributed by atoms with E-state index in [2.05, 4.69) is 0 Å². The molecule has 1 amide bonds. The highest BCUT2D eigenvalue weighted by Gasteiger charge is 2.64. The van der Waals surface area contributed by atoms with Crippen molar-refractivity contribution in [2.24, 2.45) is 0 Å². The Kier molecular flexibility index (Phi) is 4.91. The fourth-order valence-electron chi connectivity index (χ4n) is 1.28. The number of para-hydroxylation sites is 1. The zero-order valence-corrected chi connectivity index (χ0v) is 10.5. The highest BCUT2D eigenvalue weighted by atomic mass is 19.4. The minimum Gasteiger partial charge on any atom is -0.492 e. The molecule has 3 nitrogen and oxygen atoms in total. The standard InChI is InChI=1S/C12H12F5NO2/c1-18(10(19)11(13,14)12(15,16)17)7-8-20-9-5-3-2-4-6-9/h2-6H,7-8H2,1H3. The van der Waals surface area contributed by atoms with Crippen molar-refractivity contribution < 1.29 is 31.5 Å². The van der Waals surface area contributed by atoms with Crippen LogP contribution >= 0.6 is 0 Å². The molecular formula is C12H12F5NO2. The molecule has 0 spiro atoms. The van der Waals surface area contributed by atoms with E-state index in [4.69, 9.17) is 4.74 Å². The number of halogens is 5. The van der Waals surface area contributed by atoms with E-state index in [0.717, 1.165) is 7.05 Å². The van der Waals surface area contributed by atoms with Gasteiger partial charge in [0, 0.05) is 7.05 Å². The molecular weight excluding hydrogens is 285 g/mol. The molecule has 0 aliphatic carbocycles. The van der Waals surface area contributed by atoms with Crippen LogP contribution in [0.3, 0.4) is 0 Å². The number of alkyl halides is 5. The van der Waals surface area contributed by atoms with E-state index in [0.29, 0.717) is 5.75 Å². The molecule has 1 aromatic rings. The molecule has 0 saturated carbocycles. The second-order valence-corrected chi connectivity index (χ2v) is 3.96. The van der Waals surface area contributed by atoms with Gasteiger partial charge in [0.2, 0.25) is 0 Å². The first kappa shape index (κ1) is 16.2. The SMILES string of the molecule is CN(CCOc1ccccc1)C(=O)C(F)(F)C(F)(F)F. The van der Waals surface area contributed by atoms with Gasteiger partial charge in [0.1, 0.15) is 12.4 Å². The molecule has 0 aromatic heterocycles. The second-order valence-electron chi connectivity index (χ2n) is 3.96. The Hall–Kier alpha value is -1.86.